The van der Waals surface area contributed by atoms with Crippen LogP contribution in [0.2, 0.25) is 0 Å². The Morgan fingerprint density at radius 1 is 0.962 bits per heavy atom. The highest BCUT2D eigenvalue weighted by Crippen LogP contribution is 2.28. The molecular formula is C19H20F2N2O2S. The van der Waals surface area contributed by atoms with Gasteiger partial charge in [-0.25, -0.2) is 17.2 Å². The first-order chi connectivity index (χ1) is 12.4. The summed E-state index contributed by atoms with van der Waals surface area (Å²) in [4.78, 5) is 2.13. The zero-order valence-electron chi connectivity index (χ0n) is 14.2. The molecule has 26 heavy (non-hydrogen) atoms. The first-order valence-electron chi connectivity index (χ1n) is 8.71. The maximum absolute atomic E-state index is 13.4. The molecule has 0 bridgehead atoms. The maximum atomic E-state index is 13.4. The fraction of sp³-hybridized carbons (Fsp3) is 0.368. The Kier molecular flexibility index (Phi) is 4.54. The third-order valence-corrected chi connectivity index (χ3v) is 7.19. The lowest BCUT2D eigenvalue weighted by Gasteiger charge is -2.33. The van der Waals surface area contributed by atoms with Gasteiger partial charge >= 0.3 is 0 Å². The van der Waals surface area contributed by atoms with Gasteiger partial charge < -0.3 is 0 Å². The van der Waals surface area contributed by atoms with Gasteiger partial charge in [-0.15, -0.1) is 0 Å². The van der Waals surface area contributed by atoms with Crippen LogP contribution >= 0.6 is 0 Å². The Hall–Kier alpha value is -1.83. The summed E-state index contributed by atoms with van der Waals surface area (Å²) >= 11 is 0. The molecule has 1 saturated heterocycles. The molecule has 4 rings (SSSR count). The highest BCUT2D eigenvalue weighted by molar-refractivity contribution is 7.89. The lowest BCUT2D eigenvalue weighted by Crippen LogP contribution is -2.41. The molecule has 2 aromatic carbocycles. The number of rotatable bonds is 3. The van der Waals surface area contributed by atoms with E-state index in [0.717, 1.165) is 44.1 Å². The van der Waals surface area contributed by atoms with Crippen molar-refractivity contribution in [3.8, 4) is 0 Å². The van der Waals surface area contributed by atoms with Crippen LogP contribution in [0.3, 0.4) is 0 Å². The molecule has 0 N–H and O–H groups in total. The van der Waals surface area contributed by atoms with Crippen molar-refractivity contribution < 1.29 is 17.2 Å². The minimum atomic E-state index is -3.81. The molecule has 0 aromatic heterocycles. The van der Waals surface area contributed by atoms with Crippen molar-refractivity contribution in [3.05, 3.63) is 65.2 Å². The molecule has 0 aliphatic carbocycles. The summed E-state index contributed by atoms with van der Waals surface area (Å²) in [5.74, 6) is -2.19. The summed E-state index contributed by atoms with van der Waals surface area (Å²) in [6, 6.07) is 11.2. The predicted molar refractivity (Wildman–Crippen MR) is 94.1 cm³/mol. The van der Waals surface area contributed by atoms with Gasteiger partial charge in [0, 0.05) is 32.2 Å². The van der Waals surface area contributed by atoms with Crippen molar-refractivity contribution in [1.29, 1.82) is 0 Å². The average molecular weight is 378 g/mol. The molecule has 2 aliphatic heterocycles. The summed E-state index contributed by atoms with van der Waals surface area (Å²) < 4.78 is 53.4. The third-order valence-electron chi connectivity index (χ3n) is 5.33. The number of benzene rings is 2. The van der Waals surface area contributed by atoms with Crippen LogP contribution in [-0.4, -0.2) is 43.3 Å². The number of hydrogen-bond donors (Lipinski definition) is 0. The van der Waals surface area contributed by atoms with E-state index in [1.807, 2.05) is 12.1 Å². The van der Waals surface area contributed by atoms with Crippen LogP contribution in [0.4, 0.5) is 8.78 Å². The van der Waals surface area contributed by atoms with Crippen molar-refractivity contribution in [2.75, 3.05) is 19.6 Å². The first-order valence-corrected chi connectivity index (χ1v) is 10.2. The van der Waals surface area contributed by atoms with E-state index in [9.17, 15) is 17.2 Å². The Morgan fingerprint density at radius 3 is 2.50 bits per heavy atom. The molecule has 1 fully saturated rings. The van der Waals surface area contributed by atoms with Crippen LogP contribution in [0, 0.1) is 11.6 Å². The molecular weight excluding hydrogens is 358 g/mol. The van der Waals surface area contributed by atoms with Gasteiger partial charge in [0.05, 0.1) is 4.90 Å². The molecule has 0 amide bonds. The quantitative estimate of drug-likeness (QED) is 0.825. The zero-order valence-corrected chi connectivity index (χ0v) is 15.1. The van der Waals surface area contributed by atoms with E-state index in [4.69, 9.17) is 0 Å². The van der Waals surface area contributed by atoms with Crippen molar-refractivity contribution >= 4 is 10.0 Å². The van der Waals surface area contributed by atoms with Crippen molar-refractivity contribution in [1.82, 2.24) is 9.21 Å². The van der Waals surface area contributed by atoms with Crippen molar-refractivity contribution in [2.24, 2.45) is 0 Å². The van der Waals surface area contributed by atoms with Crippen LogP contribution < -0.4 is 0 Å². The van der Waals surface area contributed by atoms with E-state index in [1.165, 1.54) is 15.4 Å². The van der Waals surface area contributed by atoms with Gasteiger partial charge in [-0.05, 0) is 42.2 Å². The van der Waals surface area contributed by atoms with Gasteiger partial charge in [0.15, 0.2) is 11.6 Å². The third kappa shape index (κ3) is 3.15. The normalized spacial score (nSPS) is 21.7. The Labute approximate surface area is 152 Å². The standard InChI is InChI=1S/C19H20F2N2O2S/c20-18-6-5-17(11-19(18)21)26(24,25)23-10-8-16(13-23)22-9-7-14-3-1-2-4-15(14)12-22/h1-6,11,16H,7-10,12-13H2. The lowest BCUT2D eigenvalue weighted by atomic mass is 9.98. The number of hydrogen-bond acceptors (Lipinski definition) is 3. The minimum absolute atomic E-state index is 0.142. The summed E-state index contributed by atoms with van der Waals surface area (Å²) in [6.07, 6.45) is 1.70. The van der Waals surface area contributed by atoms with Crippen LogP contribution in [0.15, 0.2) is 47.4 Å². The van der Waals surface area contributed by atoms with Crippen LogP contribution in [0.5, 0.6) is 0 Å². The van der Waals surface area contributed by atoms with E-state index in [1.54, 1.807) is 0 Å². The van der Waals surface area contributed by atoms with Crippen LogP contribution in [0.1, 0.15) is 17.5 Å². The average Bonchev–Trinajstić information content (AvgIpc) is 3.14. The lowest BCUT2D eigenvalue weighted by molar-refractivity contribution is 0.185. The molecule has 1 unspecified atom stereocenters. The molecule has 2 heterocycles. The van der Waals surface area contributed by atoms with Gasteiger partial charge in [-0.1, -0.05) is 24.3 Å². The fourth-order valence-corrected chi connectivity index (χ4v) is 5.35. The van der Waals surface area contributed by atoms with Gasteiger partial charge in [0.2, 0.25) is 10.0 Å². The molecule has 1 atom stereocenters. The van der Waals surface area contributed by atoms with Crippen LogP contribution in [-0.2, 0) is 23.0 Å². The van der Waals surface area contributed by atoms with Gasteiger partial charge in [-0.2, -0.15) is 4.31 Å². The second kappa shape index (κ2) is 6.72. The van der Waals surface area contributed by atoms with E-state index >= 15 is 0 Å². The second-order valence-corrected chi connectivity index (χ2v) is 8.81. The zero-order chi connectivity index (χ0) is 18.3. The number of nitrogens with zero attached hydrogens (tertiary/aromatic N) is 2. The maximum Gasteiger partial charge on any atom is 0.243 e. The summed E-state index contributed by atoms with van der Waals surface area (Å²) in [6.45, 7) is 2.49. The van der Waals surface area contributed by atoms with Gasteiger partial charge in [0.25, 0.3) is 0 Å². The first kappa shape index (κ1) is 17.6. The number of sulfonamides is 1. The Bertz CT molecular complexity index is 933. The van der Waals surface area contributed by atoms with Gasteiger partial charge in [-0.3, -0.25) is 4.90 Å². The van der Waals surface area contributed by atoms with Crippen molar-refractivity contribution in [2.45, 2.75) is 30.3 Å². The molecule has 0 spiro atoms. The van der Waals surface area contributed by atoms with Crippen LogP contribution in [0.25, 0.3) is 0 Å². The molecule has 7 heteroatoms. The van der Waals surface area contributed by atoms with E-state index in [-0.39, 0.29) is 10.9 Å². The predicted octanol–water partition coefficient (Wildman–Crippen LogP) is 2.79. The highest BCUT2D eigenvalue weighted by atomic mass is 32.2. The molecule has 0 radical (unpaired) electrons. The number of halogens is 2. The summed E-state index contributed by atoms with van der Waals surface area (Å²) in [5, 5.41) is 0. The minimum Gasteiger partial charge on any atom is -0.294 e. The smallest absolute Gasteiger partial charge is 0.243 e. The topological polar surface area (TPSA) is 40.6 Å². The van der Waals surface area contributed by atoms with Gasteiger partial charge in [0.1, 0.15) is 0 Å². The summed E-state index contributed by atoms with van der Waals surface area (Å²) in [5.41, 5.74) is 2.65. The van der Waals surface area contributed by atoms with E-state index in [0.29, 0.717) is 13.1 Å². The monoisotopic (exact) mass is 378 g/mol. The fourth-order valence-electron chi connectivity index (χ4n) is 3.84. The SMILES string of the molecule is O=S(=O)(c1ccc(F)c(F)c1)N1CCC(N2CCc3ccccc3C2)C1. The highest BCUT2D eigenvalue weighted by Gasteiger charge is 2.36. The molecule has 0 saturated carbocycles. The summed E-state index contributed by atoms with van der Waals surface area (Å²) in [7, 11) is -3.81. The second-order valence-electron chi connectivity index (χ2n) is 6.87. The van der Waals surface area contributed by atoms with E-state index < -0.39 is 21.7 Å². The van der Waals surface area contributed by atoms with E-state index in [2.05, 4.69) is 17.0 Å². The molecule has 2 aromatic rings. The molecule has 2 aliphatic rings. The Balaban J connectivity index is 1.49. The molecule has 4 nitrogen and oxygen atoms in total. The Morgan fingerprint density at radius 2 is 1.73 bits per heavy atom. The molecule has 138 valence electrons. The largest absolute Gasteiger partial charge is 0.294 e. The van der Waals surface area contributed by atoms with Crippen molar-refractivity contribution in [3.63, 3.8) is 0 Å². The number of fused-ring (bicyclic) bond motifs is 1.